The van der Waals surface area contributed by atoms with E-state index in [1.165, 1.54) is 94.4 Å². The topological polar surface area (TPSA) is 0 Å². The van der Waals surface area contributed by atoms with Gasteiger partial charge in [0.05, 0.1) is 0 Å². The molecule has 0 nitrogen and oxygen atoms in total. The fourth-order valence-corrected chi connectivity index (χ4v) is 4.28. The van der Waals surface area contributed by atoms with Gasteiger partial charge in [-0.3, -0.25) is 0 Å². The van der Waals surface area contributed by atoms with Gasteiger partial charge in [-0.05, 0) is 155 Å². The maximum absolute atomic E-state index is 12.4. The summed E-state index contributed by atoms with van der Waals surface area (Å²) in [7, 11) is 0. The molecule has 0 aliphatic rings. The summed E-state index contributed by atoms with van der Waals surface area (Å²) in [4.78, 5) is 0. The SMILES string of the molecule is Cc1c(F)cccc1F.Cc1cc(F)cc(F)c1.Cc1cc(F)ccc1F.Cc1ccc(F)c(F)c1.Cc1ccc(F)c(F)c1F.Cc1ccc(F)cc1F.Cc1cccc(F)c1F. The maximum atomic E-state index is 12.4. The van der Waals surface area contributed by atoms with Crippen molar-refractivity contribution < 1.29 is 65.9 Å². The van der Waals surface area contributed by atoms with Crippen LogP contribution in [-0.2, 0) is 0 Å². The smallest absolute Gasteiger partial charge is 0.194 e. The molecule has 0 amide bonds. The molecule has 0 unspecified atom stereocenters. The van der Waals surface area contributed by atoms with Crippen LogP contribution >= 0.6 is 0 Å². The van der Waals surface area contributed by atoms with E-state index in [1.807, 2.05) is 0 Å². The van der Waals surface area contributed by atoms with Gasteiger partial charge < -0.3 is 0 Å². The first-order chi connectivity index (χ1) is 29.8. The lowest BCUT2D eigenvalue weighted by molar-refractivity contribution is 0.443. The number of hydrogen-bond acceptors (Lipinski definition) is 0. The molecule has 0 saturated carbocycles. The van der Waals surface area contributed by atoms with Crippen LogP contribution in [0, 0.1) is 136 Å². The zero-order valence-corrected chi connectivity index (χ0v) is 35.2. The molecule has 0 N–H and O–H groups in total. The summed E-state index contributed by atoms with van der Waals surface area (Å²) in [5, 5.41) is 0. The Morgan fingerprint density at radius 3 is 1.11 bits per heavy atom. The van der Waals surface area contributed by atoms with Gasteiger partial charge in [-0.1, -0.05) is 36.4 Å². The van der Waals surface area contributed by atoms with Crippen LogP contribution in [0.2, 0.25) is 0 Å². The van der Waals surface area contributed by atoms with E-state index in [0.29, 0.717) is 22.3 Å². The molecule has 0 spiro atoms. The first-order valence-electron chi connectivity index (χ1n) is 18.4. The largest absolute Gasteiger partial charge is 0.207 e. The van der Waals surface area contributed by atoms with Crippen molar-refractivity contribution in [2.75, 3.05) is 0 Å². The van der Waals surface area contributed by atoms with Crippen LogP contribution in [0.5, 0.6) is 0 Å². The number of rotatable bonds is 0. The summed E-state index contributed by atoms with van der Waals surface area (Å²) >= 11 is 0. The molecule has 0 radical (unpaired) electrons. The summed E-state index contributed by atoms with van der Waals surface area (Å²) < 4.78 is 184. The van der Waals surface area contributed by atoms with Gasteiger partial charge in [0.2, 0.25) is 0 Å². The molecule has 0 fully saturated rings. The summed E-state index contributed by atoms with van der Waals surface area (Å²) in [5.41, 5.74) is 2.68. The molecule has 7 aromatic carbocycles. The van der Waals surface area contributed by atoms with E-state index in [0.717, 1.165) is 60.2 Å². The van der Waals surface area contributed by atoms with E-state index in [1.54, 1.807) is 20.8 Å². The van der Waals surface area contributed by atoms with Gasteiger partial charge in [-0.2, -0.15) is 0 Å². The van der Waals surface area contributed by atoms with E-state index in [9.17, 15) is 65.9 Å². The zero-order chi connectivity index (χ0) is 48.8. The molecule has 7 aromatic rings. The fourth-order valence-electron chi connectivity index (χ4n) is 4.28. The van der Waals surface area contributed by atoms with E-state index in [-0.39, 0.29) is 16.9 Å². The van der Waals surface area contributed by atoms with Crippen molar-refractivity contribution in [1.29, 1.82) is 0 Å². The molecule has 0 aliphatic carbocycles. The van der Waals surface area contributed by atoms with E-state index >= 15 is 0 Å². The Labute approximate surface area is 361 Å². The third kappa shape index (κ3) is 20.6. The Bertz CT molecular complexity index is 2270. The Hall–Kier alpha value is -6.51. The van der Waals surface area contributed by atoms with Crippen molar-refractivity contribution in [3.8, 4) is 0 Å². The molecular formula is C49H41F15. The summed E-state index contributed by atoms with van der Waals surface area (Å²) in [5.74, 6) is -10.6. The minimum Gasteiger partial charge on any atom is -0.207 e. The van der Waals surface area contributed by atoms with Crippen LogP contribution in [-0.4, -0.2) is 0 Å². The Kier molecular flexibility index (Phi) is 23.9. The van der Waals surface area contributed by atoms with Gasteiger partial charge in [0.1, 0.15) is 46.5 Å². The lowest BCUT2D eigenvalue weighted by Crippen LogP contribution is -1.92. The molecule has 0 aliphatic heterocycles. The third-order valence-electron chi connectivity index (χ3n) is 7.91. The quantitative estimate of drug-likeness (QED) is 0.105. The third-order valence-corrected chi connectivity index (χ3v) is 7.91. The summed E-state index contributed by atoms with van der Waals surface area (Å²) in [6.45, 7) is 10.8. The molecular weight excluding hydrogens is 874 g/mol. The standard InChI is InChI=1S/C7H5F3.6C7H6F2/c1-4-2-3-5(8)7(10)6(4)9;1-5-2-6(8)4-7(9)3-5;1-5-4-6(8)2-3-7(5)9;1-5-2-3-6(8)4-7(5)9;1-5-2-3-6(8)7(9)4-5;1-5-6(8)3-2-4-7(5)9;1-5-3-2-4-6(8)7(5)9/h2-3H,1H3;6*2-4H,1H3. The molecule has 342 valence electrons. The average Bonchev–Trinajstić information content (AvgIpc) is 3.22. The minimum atomic E-state index is -1.40. The van der Waals surface area contributed by atoms with Crippen LogP contribution in [0.3, 0.4) is 0 Å². The van der Waals surface area contributed by atoms with Crippen molar-refractivity contribution >= 4 is 0 Å². The monoisotopic (exact) mass is 914 g/mol. The molecule has 0 atom stereocenters. The van der Waals surface area contributed by atoms with Crippen molar-refractivity contribution in [1.82, 2.24) is 0 Å². The Morgan fingerprint density at radius 2 is 0.688 bits per heavy atom. The lowest BCUT2D eigenvalue weighted by atomic mass is 10.2. The highest BCUT2D eigenvalue weighted by molar-refractivity contribution is 5.21. The van der Waals surface area contributed by atoms with E-state index in [4.69, 9.17) is 0 Å². The van der Waals surface area contributed by atoms with Crippen molar-refractivity contribution in [3.05, 3.63) is 248 Å². The second-order valence-corrected chi connectivity index (χ2v) is 13.4. The molecule has 7 rings (SSSR count). The van der Waals surface area contributed by atoms with Gasteiger partial charge in [0, 0.05) is 17.7 Å². The van der Waals surface area contributed by atoms with E-state index < -0.39 is 81.4 Å². The lowest BCUT2D eigenvalue weighted by Gasteiger charge is -1.96. The van der Waals surface area contributed by atoms with Crippen LogP contribution in [0.1, 0.15) is 38.9 Å². The van der Waals surface area contributed by atoms with Gasteiger partial charge in [-0.15, -0.1) is 0 Å². The van der Waals surface area contributed by atoms with Crippen molar-refractivity contribution in [3.63, 3.8) is 0 Å². The molecule has 64 heavy (non-hydrogen) atoms. The average molecular weight is 915 g/mol. The van der Waals surface area contributed by atoms with Crippen LogP contribution in [0.25, 0.3) is 0 Å². The van der Waals surface area contributed by atoms with Gasteiger partial charge in [0.15, 0.2) is 40.7 Å². The summed E-state index contributed by atoms with van der Waals surface area (Å²) in [6.07, 6.45) is 0. The zero-order valence-electron chi connectivity index (χ0n) is 35.2. The Morgan fingerprint density at radius 1 is 0.234 bits per heavy atom. The second kappa shape index (κ2) is 27.5. The predicted octanol–water partition coefficient (Wildman–Crippen LogP) is 16.1. The van der Waals surface area contributed by atoms with Crippen molar-refractivity contribution in [2.45, 2.75) is 48.5 Å². The number of benzene rings is 7. The van der Waals surface area contributed by atoms with Gasteiger partial charge >= 0.3 is 0 Å². The van der Waals surface area contributed by atoms with Gasteiger partial charge in [0.25, 0.3) is 0 Å². The highest BCUT2D eigenvalue weighted by Gasteiger charge is 2.09. The second-order valence-electron chi connectivity index (χ2n) is 13.4. The van der Waals surface area contributed by atoms with Crippen LogP contribution in [0.15, 0.2) is 121 Å². The van der Waals surface area contributed by atoms with Gasteiger partial charge in [-0.25, -0.2) is 65.9 Å². The number of hydrogen-bond donors (Lipinski definition) is 0. The highest BCUT2D eigenvalue weighted by Crippen LogP contribution is 2.14. The highest BCUT2D eigenvalue weighted by atomic mass is 19.2. The maximum Gasteiger partial charge on any atom is 0.194 e. The minimum absolute atomic E-state index is 0.0810. The molecule has 0 heterocycles. The molecule has 0 aromatic heterocycles. The first-order valence-corrected chi connectivity index (χ1v) is 18.4. The fraction of sp³-hybridized carbons (Fsp3) is 0.143. The first kappa shape index (κ1) is 55.5. The number of halogens is 15. The van der Waals surface area contributed by atoms with E-state index in [2.05, 4.69) is 0 Å². The molecule has 15 heteroatoms. The van der Waals surface area contributed by atoms with Crippen molar-refractivity contribution in [2.24, 2.45) is 0 Å². The summed E-state index contributed by atoms with van der Waals surface area (Å²) in [6, 6.07) is 24.1. The van der Waals surface area contributed by atoms with Crippen LogP contribution < -0.4 is 0 Å². The predicted molar refractivity (Wildman–Crippen MR) is 218 cm³/mol. The molecule has 0 saturated heterocycles. The Balaban J connectivity index is 0.000000373. The molecule has 0 bridgehead atoms. The number of aryl methyl sites for hydroxylation is 6. The normalized spacial score (nSPS) is 9.72. The van der Waals surface area contributed by atoms with Crippen LogP contribution in [0.4, 0.5) is 65.9 Å².